The lowest BCUT2D eigenvalue weighted by molar-refractivity contribution is 0.577. The van der Waals surface area contributed by atoms with Crippen LogP contribution in [0.25, 0.3) is 0 Å². The van der Waals surface area contributed by atoms with Crippen LogP contribution in [0.5, 0.6) is 0 Å². The van der Waals surface area contributed by atoms with Crippen molar-refractivity contribution in [1.82, 2.24) is 0 Å². The van der Waals surface area contributed by atoms with Crippen LogP contribution in [0.2, 0.25) is 5.02 Å². The summed E-state index contributed by atoms with van der Waals surface area (Å²) in [6.07, 6.45) is 2.89. The summed E-state index contributed by atoms with van der Waals surface area (Å²) in [5.41, 5.74) is 14.7. The Bertz CT molecular complexity index is 336. The van der Waals surface area contributed by atoms with Gasteiger partial charge in [0.1, 0.15) is 0 Å². The number of anilines is 1. The van der Waals surface area contributed by atoms with E-state index in [2.05, 4.69) is 0 Å². The molecule has 13 heavy (non-hydrogen) atoms. The van der Waals surface area contributed by atoms with Gasteiger partial charge in [0, 0.05) is 6.04 Å². The summed E-state index contributed by atoms with van der Waals surface area (Å²) in [6.45, 7) is 0. The molecular weight excluding hydrogens is 184 g/mol. The van der Waals surface area contributed by atoms with Crippen LogP contribution in [0.3, 0.4) is 0 Å². The van der Waals surface area contributed by atoms with E-state index < -0.39 is 0 Å². The standard InChI is InChI=1S/C10H13ClN2/c11-10-8-3-2-7(12)5-6(8)1-4-9(10)13/h1,4,7H,2-3,5,12-13H2. The van der Waals surface area contributed by atoms with Crippen LogP contribution in [0.4, 0.5) is 5.69 Å². The van der Waals surface area contributed by atoms with Gasteiger partial charge in [0.2, 0.25) is 0 Å². The van der Waals surface area contributed by atoms with Gasteiger partial charge in [-0.15, -0.1) is 0 Å². The highest BCUT2D eigenvalue weighted by atomic mass is 35.5. The Balaban J connectivity index is 2.47. The Morgan fingerprint density at radius 2 is 2.15 bits per heavy atom. The van der Waals surface area contributed by atoms with Crippen LogP contribution < -0.4 is 11.5 Å². The molecule has 0 fully saturated rings. The number of fused-ring (bicyclic) bond motifs is 1. The molecule has 0 saturated carbocycles. The van der Waals surface area contributed by atoms with Crippen LogP contribution in [-0.4, -0.2) is 6.04 Å². The van der Waals surface area contributed by atoms with Crippen molar-refractivity contribution in [2.45, 2.75) is 25.3 Å². The van der Waals surface area contributed by atoms with Gasteiger partial charge < -0.3 is 11.5 Å². The number of rotatable bonds is 0. The first-order valence-electron chi connectivity index (χ1n) is 4.50. The maximum absolute atomic E-state index is 6.09. The zero-order valence-electron chi connectivity index (χ0n) is 7.39. The van der Waals surface area contributed by atoms with Crippen molar-refractivity contribution in [3.8, 4) is 0 Å². The van der Waals surface area contributed by atoms with Crippen molar-refractivity contribution >= 4 is 17.3 Å². The van der Waals surface area contributed by atoms with Crippen molar-refractivity contribution in [2.24, 2.45) is 5.73 Å². The average molecular weight is 197 g/mol. The Kier molecular flexibility index (Phi) is 2.18. The summed E-state index contributed by atoms with van der Waals surface area (Å²) in [5, 5.41) is 0.726. The molecule has 0 amide bonds. The predicted octanol–water partition coefficient (Wildman–Crippen LogP) is 1.74. The number of halogens is 1. The molecule has 1 atom stereocenters. The molecule has 70 valence electrons. The van der Waals surface area contributed by atoms with Crippen LogP contribution in [0.15, 0.2) is 12.1 Å². The lowest BCUT2D eigenvalue weighted by atomic mass is 9.88. The largest absolute Gasteiger partial charge is 0.398 e. The van der Waals surface area contributed by atoms with Crippen LogP contribution >= 0.6 is 11.6 Å². The predicted molar refractivity (Wildman–Crippen MR) is 55.9 cm³/mol. The molecule has 0 aromatic heterocycles. The zero-order valence-corrected chi connectivity index (χ0v) is 8.14. The average Bonchev–Trinajstić information content (AvgIpc) is 2.12. The summed E-state index contributed by atoms with van der Waals surface area (Å²) in [4.78, 5) is 0. The SMILES string of the molecule is Nc1ccc2c(c1Cl)CCC(N)C2. The Morgan fingerprint density at radius 1 is 1.38 bits per heavy atom. The zero-order chi connectivity index (χ0) is 9.42. The van der Waals surface area contributed by atoms with Crippen molar-refractivity contribution in [1.29, 1.82) is 0 Å². The quantitative estimate of drug-likeness (QED) is 0.621. The second-order valence-corrected chi connectivity index (χ2v) is 3.99. The number of hydrogen-bond acceptors (Lipinski definition) is 2. The third-order valence-electron chi connectivity index (χ3n) is 2.62. The van der Waals surface area contributed by atoms with E-state index in [1.807, 2.05) is 12.1 Å². The molecule has 2 nitrogen and oxygen atoms in total. The fourth-order valence-corrected chi connectivity index (χ4v) is 2.13. The van der Waals surface area contributed by atoms with Gasteiger partial charge in [-0.1, -0.05) is 17.7 Å². The number of benzene rings is 1. The highest BCUT2D eigenvalue weighted by Crippen LogP contribution is 2.31. The van der Waals surface area contributed by atoms with E-state index in [0.29, 0.717) is 5.69 Å². The summed E-state index contributed by atoms with van der Waals surface area (Å²) < 4.78 is 0. The van der Waals surface area contributed by atoms with Crippen LogP contribution in [0.1, 0.15) is 17.5 Å². The molecule has 1 aromatic carbocycles. The first-order chi connectivity index (χ1) is 6.18. The Morgan fingerprint density at radius 3 is 2.92 bits per heavy atom. The molecule has 0 aliphatic heterocycles. The van der Waals surface area contributed by atoms with Gasteiger partial charge in [0.05, 0.1) is 10.7 Å². The minimum absolute atomic E-state index is 0.284. The molecule has 0 heterocycles. The molecule has 1 aromatic rings. The van der Waals surface area contributed by atoms with Crippen LogP contribution in [0, 0.1) is 0 Å². The van der Waals surface area contributed by atoms with Gasteiger partial charge in [-0.3, -0.25) is 0 Å². The minimum atomic E-state index is 0.284. The van der Waals surface area contributed by atoms with Crippen LogP contribution in [-0.2, 0) is 12.8 Å². The lowest BCUT2D eigenvalue weighted by Crippen LogP contribution is -2.28. The summed E-state index contributed by atoms with van der Waals surface area (Å²) in [5.74, 6) is 0. The maximum Gasteiger partial charge on any atom is 0.0670 e. The fourth-order valence-electron chi connectivity index (χ4n) is 1.86. The minimum Gasteiger partial charge on any atom is -0.398 e. The Hall–Kier alpha value is -0.730. The van der Waals surface area contributed by atoms with E-state index in [9.17, 15) is 0 Å². The molecule has 0 bridgehead atoms. The molecule has 0 radical (unpaired) electrons. The first kappa shape index (κ1) is 8.85. The van der Waals surface area contributed by atoms with Gasteiger partial charge in [-0.25, -0.2) is 0 Å². The summed E-state index contributed by atoms with van der Waals surface area (Å²) in [7, 11) is 0. The van der Waals surface area contributed by atoms with E-state index in [0.717, 1.165) is 24.3 Å². The number of nitrogens with two attached hydrogens (primary N) is 2. The third-order valence-corrected chi connectivity index (χ3v) is 3.06. The monoisotopic (exact) mass is 196 g/mol. The van der Waals surface area contributed by atoms with Crippen molar-refractivity contribution < 1.29 is 0 Å². The topological polar surface area (TPSA) is 52.0 Å². The van der Waals surface area contributed by atoms with Crippen molar-refractivity contribution in [3.63, 3.8) is 0 Å². The van der Waals surface area contributed by atoms with E-state index in [-0.39, 0.29) is 6.04 Å². The van der Waals surface area contributed by atoms with E-state index in [4.69, 9.17) is 23.1 Å². The highest BCUT2D eigenvalue weighted by Gasteiger charge is 2.18. The molecule has 1 aliphatic carbocycles. The van der Waals surface area contributed by atoms with Gasteiger partial charge in [0.25, 0.3) is 0 Å². The molecule has 0 spiro atoms. The molecule has 1 unspecified atom stereocenters. The smallest absolute Gasteiger partial charge is 0.0670 e. The van der Waals surface area contributed by atoms with Crippen molar-refractivity contribution in [2.75, 3.05) is 5.73 Å². The fraction of sp³-hybridized carbons (Fsp3) is 0.400. The lowest BCUT2D eigenvalue weighted by Gasteiger charge is -2.22. The molecule has 0 saturated heterocycles. The van der Waals surface area contributed by atoms with E-state index in [1.54, 1.807) is 0 Å². The second-order valence-electron chi connectivity index (χ2n) is 3.61. The van der Waals surface area contributed by atoms with Crippen molar-refractivity contribution in [3.05, 3.63) is 28.3 Å². The molecule has 4 N–H and O–H groups in total. The first-order valence-corrected chi connectivity index (χ1v) is 4.87. The molecule has 3 heteroatoms. The Labute approximate surface area is 82.9 Å². The molecule has 1 aliphatic rings. The molecule has 2 rings (SSSR count). The van der Waals surface area contributed by atoms with E-state index >= 15 is 0 Å². The van der Waals surface area contributed by atoms with Gasteiger partial charge >= 0.3 is 0 Å². The van der Waals surface area contributed by atoms with E-state index in [1.165, 1.54) is 11.1 Å². The normalized spacial score (nSPS) is 21.2. The highest BCUT2D eigenvalue weighted by molar-refractivity contribution is 6.34. The van der Waals surface area contributed by atoms with Gasteiger partial charge in [-0.2, -0.15) is 0 Å². The number of nitrogen functional groups attached to an aromatic ring is 1. The molecular formula is C10H13ClN2. The second kappa shape index (κ2) is 3.20. The maximum atomic E-state index is 6.09. The summed E-state index contributed by atoms with van der Waals surface area (Å²) >= 11 is 6.09. The summed E-state index contributed by atoms with van der Waals surface area (Å²) in [6, 6.07) is 4.18. The number of hydrogen-bond donors (Lipinski definition) is 2. The van der Waals surface area contributed by atoms with Gasteiger partial charge in [-0.05, 0) is 36.5 Å². The van der Waals surface area contributed by atoms with Gasteiger partial charge in [0.15, 0.2) is 0 Å². The third kappa shape index (κ3) is 1.52.